The van der Waals surface area contributed by atoms with Gasteiger partial charge in [-0.3, -0.25) is 0 Å². The molecule has 0 aliphatic heterocycles. The highest BCUT2D eigenvalue weighted by Crippen LogP contribution is 2.26. The second-order valence-corrected chi connectivity index (χ2v) is 7.26. The van der Waals surface area contributed by atoms with E-state index in [2.05, 4.69) is 42.6 Å². The lowest BCUT2D eigenvalue weighted by atomic mass is 9.93. The van der Waals surface area contributed by atoms with Gasteiger partial charge in [0.05, 0.1) is 0 Å². The first-order valence-corrected chi connectivity index (χ1v) is 8.63. The normalized spacial score (nSPS) is 12.5. The van der Waals surface area contributed by atoms with Crippen molar-refractivity contribution < 1.29 is 9.53 Å². The van der Waals surface area contributed by atoms with Gasteiger partial charge in [0.25, 0.3) is 0 Å². The molecule has 0 spiro atoms. The highest BCUT2D eigenvalue weighted by atomic mass is 16.6. The van der Waals surface area contributed by atoms with Crippen LogP contribution in [-0.2, 0) is 4.74 Å². The molecule has 2 aromatic rings. The first-order chi connectivity index (χ1) is 11.8. The molecule has 0 heterocycles. The number of hydrogen-bond donors (Lipinski definition) is 2. The van der Waals surface area contributed by atoms with Gasteiger partial charge >= 0.3 is 6.09 Å². The Morgan fingerprint density at radius 1 is 1.16 bits per heavy atom. The molecule has 0 fully saturated rings. The quantitative estimate of drug-likeness (QED) is 0.856. The van der Waals surface area contributed by atoms with Crippen molar-refractivity contribution in [3.8, 4) is 11.1 Å². The summed E-state index contributed by atoms with van der Waals surface area (Å²) in [5, 5.41) is 2.82. The van der Waals surface area contributed by atoms with E-state index in [9.17, 15) is 4.79 Å². The SMILES string of the molecule is Cc1ccccc1-c1cccc(C(CN)CNC(=O)OC(C)(C)C)c1. The Morgan fingerprint density at radius 2 is 1.88 bits per heavy atom. The smallest absolute Gasteiger partial charge is 0.407 e. The highest BCUT2D eigenvalue weighted by Gasteiger charge is 2.18. The Kier molecular flexibility index (Phi) is 6.21. The predicted molar refractivity (Wildman–Crippen MR) is 103 cm³/mol. The Balaban J connectivity index is 2.12. The molecule has 2 rings (SSSR count). The fourth-order valence-corrected chi connectivity index (χ4v) is 2.71. The Bertz CT molecular complexity index is 720. The molecule has 4 nitrogen and oxygen atoms in total. The van der Waals surface area contributed by atoms with Crippen LogP contribution in [0, 0.1) is 6.92 Å². The number of rotatable bonds is 5. The number of carbonyl (C=O) groups is 1. The summed E-state index contributed by atoms with van der Waals surface area (Å²) in [6.07, 6.45) is -0.416. The molecule has 4 heteroatoms. The molecule has 134 valence electrons. The van der Waals surface area contributed by atoms with Crippen LogP contribution in [0.25, 0.3) is 11.1 Å². The van der Waals surface area contributed by atoms with Gasteiger partial charge in [0.15, 0.2) is 0 Å². The molecule has 1 amide bonds. The van der Waals surface area contributed by atoms with Crippen LogP contribution in [0.3, 0.4) is 0 Å². The third-order valence-electron chi connectivity index (χ3n) is 3.99. The lowest BCUT2D eigenvalue weighted by molar-refractivity contribution is 0.0525. The van der Waals surface area contributed by atoms with Crippen LogP contribution in [0.4, 0.5) is 4.79 Å². The van der Waals surface area contributed by atoms with Crippen LogP contribution in [0.15, 0.2) is 48.5 Å². The first-order valence-electron chi connectivity index (χ1n) is 8.63. The number of alkyl carbamates (subject to hydrolysis) is 1. The standard InChI is InChI=1S/C21H28N2O2/c1-15-8-5-6-11-19(15)17-10-7-9-16(12-17)18(13-22)14-23-20(24)25-21(2,3)4/h5-12,18H,13-14,22H2,1-4H3,(H,23,24). The molecule has 0 saturated carbocycles. The number of benzene rings is 2. The molecule has 0 saturated heterocycles. The van der Waals surface area contributed by atoms with Gasteiger partial charge in [0, 0.05) is 19.0 Å². The van der Waals surface area contributed by atoms with E-state index in [1.165, 1.54) is 11.1 Å². The van der Waals surface area contributed by atoms with Crippen molar-refractivity contribution in [3.63, 3.8) is 0 Å². The summed E-state index contributed by atoms with van der Waals surface area (Å²) in [5.74, 6) is 0.0384. The second kappa shape index (κ2) is 8.17. The number of nitrogens with one attached hydrogen (secondary N) is 1. The minimum absolute atomic E-state index is 0.0384. The Labute approximate surface area is 150 Å². The summed E-state index contributed by atoms with van der Waals surface area (Å²) in [6.45, 7) is 8.54. The number of amides is 1. The van der Waals surface area contributed by atoms with Crippen molar-refractivity contribution >= 4 is 6.09 Å². The second-order valence-electron chi connectivity index (χ2n) is 7.26. The van der Waals surface area contributed by atoms with Gasteiger partial charge in [-0.05, 0) is 49.9 Å². The molecular formula is C21H28N2O2. The molecule has 2 aromatic carbocycles. The summed E-state index contributed by atoms with van der Waals surface area (Å²) < 4.78 is 5.29. The van der Waals surface area contributed by atoms with Crippen molar-refractivity contribution in [2.45, 2.75) is 39.2 Å². The zero-order valence-electron chi connectivity index (χ0n) is 15.5. The van der Waals surface area contributed by atoms with E-state index in [0.29, 0.717) is 13.1 Å². The van der Waals surface area contributed by atoms with E-state index in [1.807, 2.05) is 39.0 Å². The number of hydrogen-bond acceptors (Lipinski definition) is 3. The fraction of sp³-hybridized carbons (Fsp3) is 0.381. The van der Waals surface area contributed by atoms with Crippen molar-refractivity contribution in [1.29, 1.82) is 0 Å². The van der Waals surface area contributed by atoms with Gasteiger partial charge in [-0.25, -0.2) is 4.79 Å². The number of aryl methyl sites for hydroxylation is 1. The van der Waals surface area contributed by atoms with Gasteiger partial charge in [0.2, 0.25) is 0 Å². The minimum atomic E-state index is -0.507. The van der Waals surface area contributed by atoms with E-state index >= 15 is 0 Å². The predicted octanol–water partition coefficient (Wildman–Crippen LogP) is 4.23. The molecule has 0 bridgehead atoms. The van der Waals surface area contributed by atoms with Gasteiger partial charge in [-0.1, -0.05) is 48.5 Å². The Morgan fingerprint density at radius 3 is 2.52 bits per heavy atom. The largest absolute Gasteiger partial charge is 0.444 e. The number of ether oxygens (including phenoxy) is 1. The summed E-state index contributed by atoms with van der Waals surface area (Å²) in [4.78, 5) is 11.9. The lowest BCUT2D eigenvalue weighted by Crippen LogP contribution is -2.36. The van der Waals surface area contributed by atoms with Gasteiger partial charge in [0.1, 0.15) is 5.60 Å². The van der Waals surface area contributed by atoms with Crippen LogP contribution in [-0.4, -0.2) is 24.8 Å². The van der Waals surface area contributed by atoms with Crippen LogP contribution >= 0.6 is 0 Å². The number of nitrogens with two attached hydrogens (primary N) is 1. The molecule has 1 unspecified atom stereocenters. The summed E-state index contributed by atoms with van der Waals surface area (Å²) >= 11 is 0. The van der Waals surface area contributed by atoms with E-state index < -0.39 is 11.7 Å². The Hall–Kier alpha value is -2.33. The highest BCUT2D eigenvalue weighted by molar-refractivity contribution is 5.69. The fourth-order valence-electron chi connectivity index (χ4n) is 2.71. The maximum atomic E-state index is 11.9. The minimum Gasteiger partial charge on any atom is -0.444 e. The van der Waals surface area contributed by atoms with E-state index in [1.54, 1.807) is 0 Å². The van der Waals surface area contributed by atoms with Gasteiger partial charge in [-0.15, -0.1) is 0 Å². The summed E-state index contributed by atoms with van der Waals surface area (Å²) in [7, 11) is 0. The molecule has 0 radical (unpaired) electrons. The lowest BCUT2D eigenvalue weighted by Gasteiger charge is -2.22. The van der Waals surface area contributed by atoms with Crippen molar-refractivity contribution in [2.75, 3.05) is 13.1 Å². The zero-order valence-corrected chi connectivity index (χ0v) is 15.5. The maximum Gasteiger partial charge on any atom is 0.407 e. The van der Waals surface area contributed by atoms with Crippen molar-refractivity contribution in [2.24, 2.45) is 5.73 Å². The van der Waals surface area contributed by atoms with E-state index in [4.69, 9.17) is 10.5 Å². The van der Waals surface area contributed by atoms with Gasteiger partial charge < -0.3 is 15.8 Å². The maximum absolute atomic E-state index is 11.9. The van der Waals surface area contributed by atoms with E-state index in [0.717, 1.165) is 11.1 Å². The van der Waals surface area contributed by atoms with Crippen molar-refractivity contribution in [3.05, 3.63) is 59.7 Å². The molecular weight excluding hydrogens is 312 g/mol. The van der Waals surface area contributed by atoms with Crippen LogP contribution in [0.1, 0.15) is 37.8 Å². The summed E-state index contributed by atoms with van der Waals surface area (Å²) in [6, 6.07) is 16.6. The zero-order chi connectivity index (χ0) is 18.4. The van der Waals surface area contributed by atoms with Crippen LogP contribution in [0.5, 0.6) is 0 Å². The van der Waals surface area contributed by atoms with Crippen LogP contribution in [0.2, 0.25) is 0 Å². The summed E-state index contributed by atoms with van der Waals surface area (Å²) in [5.41, 5.74) is 10.1. The molecule has 3 N–H and O–H groups in total. The first kappa shape index (κ1) is 19.0. The molecule has 0 aliphatic carbocycles. The molecule has 1 atom stereocenters. The van der Waals surface area contributed by atoms with Gasteiger partial charge in [-0.2, -0.15) is 0 Å². The van der Waals surface area contributed by atoms with Crippen LogP contribution < -0.4 is 11.1 Å². The third-order valence-corrected chi connectivity index (χ3v) is 3.99. The van der Waals surface area contributed by atoms with E-state index in [-0.39, 0.29) is 5.92 Å². The average Bonchev–Trinajstić information content (AvgIpc) is 2.54. The average molecular weight is 340 g/mol. The molecule has 0 aliphatic rings. The topological polar surface area (TPSA) is 64.3 Å². The number of carbonyl (C=O) groups excluding carboxylic acids is 1. The monoisotopic (exact) mass is 340 g/mol. The van der Waals surface area contributed by atoms with Crippen molar-refractivity contribution in [1.82, 2.24) is 5.32 Å². The molecule has 0 aromatic heterocycles. The third kappa shape index (κ3) is 5.61. The molecule has 25 heavy (non-hydrogen) atoms.